The standard InChI is InChI=1S/C49H37N/c1-49(2)44-23-12-20-39-28-33-45(47(46(39)44)43-22-13-21-42(48(43)49)38-18-10-5-11-19-38)50(40-29-24-36(25-30-40)34-14-6-3-7-15-34)41-31-26-37(27-32-41)35-16-8-4-9-17-35/h3-33H,1-2H3/i1D3,2D3,5D,6D,7D,8D,9D,10D,11D,12D,14D,15D,16D,17D,18D,19D,21D,22D,23D,24D,25D,26D,28D,29D,30D,31D,32D. The molecule has 0 aliphatic heterocycles. The Bertz CT molecular complexity index is 4030. The molecule has 1 aliphatic rings. The van der Waals surface area contributed by atoms with Crippen molar-refractivity contribution < 1.29 is 42.5 Å². The fourth-order valence-electron chi connectivity index (χ4n) is 5.92. The van der Waals surface area contributed by atoms with Crippen LogP contribution in [0.1, 0.15) is 67.3 Å². The second kappa shape index (κ2) is 12.1. The summed E-state index contributed by atoms with van der Waals surface area (Å²) in [5, 5.41) is -1.26. The third-order valence-electron chi connectivity index (χ3n) is 8.05. The van der Waals surface area contributed by atoms with E-state index in [2.05, 4.69) is 0 Å². The van der Waals surface area contributed by atoms with Gasteiger partial charge in [0.25, 0.3) is 0 Å². The van der Waals surface area contributed by atoms with Gasteiger partial charge < -0.3 is 4.90 Å². The third-order valence-corrected chi connectivity index (χ3v) is 8.05. The molecule has 0 fully saturated rings. The molecule has 1 aliphatic carbocycles. The van der Waals surface area contributed by atoms with Crippen molar-refractivity contribution >= 4 is 27.8 Å². The minimum absolute atomic E-state index is 0.518. The van der Waals surface area contributed by atoms with Crippen LogP contribution in [-0.2, 0) is 5.41 Å². The van der Waals surface area contributed by atoms with E-state index in [-0.39, 0.29) is 0 Å². The lowest BCUT2D eigenvalue weighted by Gasteiger charge is -2.39. The number of hydrogen-bond donors (Lipinski definition) is 0. The van der Waals surface area contributed by atoms with E-state index in [1.54, 1.807) is 0 Å². The van der Waals surface area contributed by atoms with Crippen LogP contribution in [0, 0.1) is 0 Å². The van der Waals surface area contributed by atoms with Crippen LogP contribution < -0.4 is 4.90 Å². The zero-order valence-corrected chi connectivity index (χ0v) is 25.4. The van der Waals surface area contributed by atoms with E-state index in [9.17, 15) is 23.3 Å². The van der Waals surface area contributed by atoms with Gasteiger partial charge in [-0.1, -0.05) is 171 Å². The molecule has 1 nitrogen and oxygen atoms in total. The number of rotatable bonds is 6. The van der Waals surface area contributed by atoms with Gasteiger partial charge in [0.2, 0.25) is 0 Å². The smallest absolute Gasteiger partial charge is 0.0645 e. The van der Waals surface area contributed by atoms with Crippen LogP contribution in [-0.4, -0.2) is 0 Å². The van der Waals surface area contributed by atoms with Crippen LogP contribution in [0.4, 0.5) is 17.1 Å². The Morgan fingerprint density at radius 3 is 1.82 bits per heavy atom. The van der Waals surface area contributed by atoms with E-state index in [0.29, 0.717) is 11.0 Å². The van der Waals surface area contributed by atoms with Crippen molar-refractivity contribution in [2.45, 2.75) is 19.1 Å². The lowest BCUT2D eigenvalue weighted by Crippen LogP contribution is -2.25. The van der Waals surface area contributed by atoms with Crippen molar-refractivity contribution in [3.8, 4) is 44.5 Å². The summed E-state index contributed by atoms with van der Waals surface area (Å²) >= 11 is 0. The zero-order valence-electron chi connectivity index (χ0n) is 56.4. The molecule has 8 aromatic rings. The number of benzene rings is 8. The summed E-state index contributed by atoms with van der Waals surface area (Å²) in [5.41, 5.74) is -15.2. The summed E-state index contributed by atoms with van der Waals surface area (Å²) in [4.78, 5) is 0.575. The second-order valence-corrected chi connectivity index (χ2v) is 10.9. The molecule has 238 valence electrons. The SMILES string of the molecule is [2H]c1cc([2H])c([2H])c(-c2cc([2H])c(N(c3cc([2H])c4cc([2H])c([2H])c5c4c3-c3c([2H])cc([2H])c(-c4c([2H])c([2H])c([2H])c([2H])c4[2H])c3C5(C([2H])([2H])[2H])C([2H])([2H])[2H])c3c([2H])c([2H])c(-c4c([2H])c([2H])cc([2H])c4[2H])c([2H])c3[2H])c([2H])c2[2H])c1[2H]. The molecule has 0 bridgehead atoms. The summed E-state index contributed by atoms with van der Waals surface area (Å²) in [7, 11) is 0. The minimum Gasteiger partial charge on any atom is -0.310 e. The quantitative estimate of drug-likeness (QED) is 0.170. The van der Waals surface area contributed by atoms with Crippen LogP contribution in [0.2, 0.25) is 0 Å². The molecule has 0 radical (unpaired) electrons. The van der Waals surface area contributed by atoms with Crippen molar-refractivity contribution in [3.63, 3.8) is 0 Å². The van der Waals surface area contributed by atoms with Gasteiger partial charge in [0.15, 0.2) is 0 Å². The summed E-state index contributed by atoms with van der Waals surface area (Å²) in [6.45, 7) is -8.08. The number of hydrogen-bond acceptors (Lipinski definition) is 1. The van der Waals surface area contributed by atoms with E-state index in [1.807, 2.05) is 0 Å². The molecule has 0 atom stereocenters. The average Bonchev–Trinajstić information content (AvgIpc) is 2.51. The van der Waals surface area contributed by atoms with Gasteiger partial charge in [-0.05, 0) is 91.1 Å². The molecule has 1 heteroatoms. The van der Waals surface area contributed by atoms with Gasteiger partial charge in [0, 0.05) is 30.6 Å². The van der Waals surface area contributed by atoms with Crippen molar-refractivity contribution in [2.75, 3.05) is 4.90 Å². The maximum absolute atomic E-state index is 9.72. The van der Waals surface area contributed by atoms with E-state index >= 15 is 0 Å². The molecule has 50 heavy (non-hydrogen) atoms. The molecule has 0 N–H and O–H groups in total. The Labute approximate surface area is 338 Å². The average molecular weight is 671 g/mol. The molecule has 0 saturated heterocycles. The summed E-state index contributed by atoms with van der Waals surface area (Å²) in [6, 6.07) is -18.6. The van der Waals surface area contributed by atoms with Crippen molar-refractivity contribution in [2.24, 2.45) is 0 Å². The van der Waals surface area contributed by atoms with Gasteiger partial charge in [0.05, 0.1) is 40.0 Å². The van der Waals surface area contributed by atoms with Gasteiger partial charge in [-0.25, -0.2) is 0 Å². The van der Waals surface area contributed by atoms with Crippen molar-refractivity contribution in [1.82, 2.24) is 0 Å². The summed E-state index contributed by atoms with van der Waals surface area (Å²) in [6.07, 6.45) is 0. The predicted molar refractivity (Wildman–Crippen MR) is 213 cm³/mol. The molecule has 0 spiro atoms. The second-order valence-electron chi connectivity index (χ2n) is 10.9. The molecule has 0 amide bonds. The Kier molecular flexibility index (Phi) is 2.82. The van der Waals surface area contributed by atoms with Crippen LogP contribution >= 0.6 is 0 Å². The maximum Gasteiger partial charge on any atom is 0.0645 e. The maximum atomic E-state index is 9.72. The Balaban J connectivity index is 1.62. The Morgan fingerprint density at radius 1 is 0.480 bits per heavy atom. The van der Waals surface area contributed by atoms with Crippen molar-refractivity contribution in [3.05, 3.63) is 199 Å². The topological polar surface area (TPSA) is 3.24 Å². The van der Waals surface area contributed by atoms with Crippen LogP contribution in [0.25, 0.3) is 55.3 Å². The fourth-order valence-corrected chi connectivity index (χ4v) is 5.92. The first-order chi connectivity index (χ1) is 37.4. The molecular weight excluding hydrogens is 603 g/mol. The van der Waals surface area contributed by atoms with E-state index in [4.69, 9.17) is 19.2 Å². The van der Waals surface area contributed by atoms with Gasteiger partial charge in [-0.3, -0.25) is 0 Å². The first-order valence-electron chi connectivity index (χ1n) is 30.4. The highest BCUT2D eigenvalue weighted by molar-refractivity contribution is 6.11. The third kappa shape index (κ3) is 4.94. The number of fused-ring (bicyclic) bond motifs is 2. The normalized spacial score (nSPS) is 22.0. The van der Waals surface area contributed by atoms with E-state index in [1.165, 1.54) is 0 Å². The molecule has 0 unspecified atom stereocenters. The highest BCUT2D eigenvalue weighted by Gasteiger charge is 2.37. The van der Waals surface area contributed by atoms with Crippen LogP contribution in [0.5, 0.6) is 0 Å². The summed E-state index contributed by atoms with van der Waals surface area (Å²) < 4.78 is 282. The molecule has 0 heterocycles. The first kappa shape index (κ1) is 11.7. The zero-order chi connectivity index (χ0) is 60.4. The van der Waals surface area contributed by atoms with Crippen LogP contribution in [0.3, 0.4) is 0 Å². The molecule has 9 rings (SSSR count). The van der Waals surface area contributed by atoms with E-state index in [0.717, 1.165) is 30.3 Å². The lowest BCUT2D eigenvalue weighted by molar-refractivity contribution is 0.647. The van der Waals surface area contributed by atoms with Gasteiger partial charge >= 0.3 is 0 Å². The van der Waals surface area contributed by atoms with Crippen LogP contribution in [0.15, 0.2) is 187 Å². The molecule has 8 aromatic carbocycles. The Hall–Kier alpha value is -6.18. The van der Waals surface area contributed by atoms with Gasteiger partial charge in [-0.2, -0.15) is 0 Å². The minimum atomic E-state index is -4.04. The Morgan fingerprint density at radius 2 is 1.10 bits per heavy atom. The number of nitrogens with zero attached hydrogens (tertiary/aromatic N) is 1. The fraction of sp³-hybridized carbons (Fsp3) is 0.0612. The predicted octanol–water partition coefficient (Wildman–Crippen LogP) is 13.6. The molecular formula is C49H37N. The largest absolute Gasteiger partial charge is 0.310 e. The monoisotopic (exact) mass is 670 g/mol. The highest BCUT2D eigenvalue weighted by Crippen LogP contribution is 2.55. The van der Waals surface area contributed by atoms with Gasteiger partial charge in [0.1, 0.15) is 0 Å². The number of anilines is 3. The molecule has 0 saturated carbocycles. The first-order valence-corrected chi connectivity index (χ1v) is 14.9. The molecule has 0 aromatic heterocycles. The van der Waals surface area contributed by atoms with Gasteiger partial charge in [-0.15, -0.1) is 0 Å². The lowest BCUT2D eigenvalue weighted by atomic mass is 9.66. The highest BCUT2D eigenvalue weighted by atomic mass is 15.1. The summed E-state index contributed by atoms with van der Waals surface area (Å²) in [5.74, 6) is 0. The van der Waals surface area contributed by atoms with E-state index < -0.39 is 254 Å². The van der Waals surface area contributed by atoms with Crippen molar-refractivity contribution in [1.29, 1.82) is 0 Å².